The van der Waals surface area contributed by atoms with Gasteiger partial charge in [0, 0.05) is 50.0 Å². The van der Waals surface area contributed by atoms with Crippen LogP contribution >= 0.6 is 23.5 Å². The van der Waals surface area contributed by atoms with Gasteiger partial charge in [0.1, 0.15) is 17.7 Å². The van der Waals surface area contributed by atoms with Gasteiger partial charge in [0.15, 0.2) is 5.96 Å². The van der Waals surface area contributed by atoms with Crippen LogP contribution in [0.15, 0.2) is 56.4 Å². The SMILES string of the molecule is CC(N)=NCCC(=O)Nc1cc(C(F)(F)F)cc(NC(=O)c2cc(C(=O)Nc3cc(C(F)(F)F)cc(NC(=O)CCN=C(N)N)c3SCCN)ncn2)c1SCCN. The van der Waals surface area contributed by atoms with Crippen LogP contribution in [-0.4, -0.2) is 83.1 Å². The highest BCUT2D eigenvalue weighted by atomic mass is 32.2. The smallest absolute Gasteiger partial charge is 0.388 e. The Bertz CT molecular complexity index is 1900. The first-order chi connectivity index (χ1) is 27.2. The second kappa shape index (κ2) is 21.2. The van der Waals surface area contributed by atoms with Gasteiger partial charge in [-0.15, -0.1) is 23.5 Å². The lowest BCUT2D eigenvalue weighted by Gasteiger charge is -2.19. The molecule has 314 valence electrons. The van der Waals surface area contributed by atoms with E-state index < -0.39 is 69.9 Å². The Labute approximate surface area is 335 Å². The van der Waals surface area contributed by atoms with E-state index in [1.807, 2.05) is 0 Å². The van der Waals surface area contributed by atoms with Crippen molar-refractivity contribution in [3.63, 3.8) is 0 Å². The number of rotatable bonds is 18. The lowest BCUT2D eigenvalue weighted by atomic mass is 10.1. The van der Waals surface area contributed by atoms with Crippen LogP contribution in [-0.2, 0) is 21.9 Å². The molecule has 3 aromatic rings. The van der Waals surface area contributed by atoms with E-state index in [1.54, 1.807) is 0 Å². The summed E-state index contributed by atoms with van der Waals surface area (Å²) in [6, 6.07) is 3.46. The molecule has 58 heavy (non-hydrogen) atoms. The quantitative estimate of drug-likeness (QED) is 0.0384. The predicted octanol–water partition coefficient (Wildman–Crippen LogP) is 3.43. The number of carbonyl (C=O) groups is 4. The van der Waals surface area contributed by atoms with Crippen molar-refractivity contribution in [3.8, 4) is 0 Å². The van der Waals surface area contributed by atoms with Crippen molar-refractivity contribution in [2.45, 2.75) is 41.9 Å². The second-order valence-corrected chi connectivity index (χ2v) is 13.9. The summed E-state index contributed by atoms with van der Waals surface area (Å²) in [5.41, 5.74) is 22.3. The Balaban J connectivity index is 2.01. The minimum atomic E-state index is -4.94. The van der Waals surface area contributed by atoms with Gasteiger partial charge in [0.05, 0.1) is 56.0 Å². The maximum absolute atomic E-state index is 14.0. The highest BCUT2D eigenvalue weighted by Crippen LogP contribution is 2.42. The van der Waals surface area contributed by atoms with Crippen molar-refractivity contribution < 1.29 is 45.5 Å². The molecule has 0 bridgehead atoms. The van der Waals surface area contributed by atoms with Crippen molar-refractivity contribution in [3.05, 3.63) is 59.2 Å². The molecule has 0 aliphatic heterocycles. The third-order valence-electron chi connectivity index (χ3n) is 7.07. The van der Waals surface area contributed by atoms with Gasteiger partial charge in [-0.1, -0.05) is 0 Å². The molecule has 14 N–H and O–H groups in total. The van der Waals surface area contributed by atoms with E-state index in [-0.39, 0.29) is 83.5 Å². The summed E-state index contributed by atoms with van der Waals surface area (Å²) in [7, 11) is 0. The average Bonchev–Trinajstić information content (AvgIpc) is 3.12. The summed E-state index contributed by atoms with van der Waals surface area (Å²) in [4.78, 5) is 67.4. The van der Waals surface area contributed by atoms with Gasteiger partial charge in [-0.05, 0) is 31.2 Å². The van der Waals surface area contributed by atoms with Gasteiger partial charge in [-0.25, -0.2) is 9.97 Å². The molecule has 3 rings (SSSR count). The molecule has 2 aromatic carbocycles. The van der Waals surface area contributed by atoms with Crippen molar-refractivity contribution >= 4 is 81.7 Å². The molecule has 0 saturated carbocycles. The summed E-state index contributed by atoms with van der Waals surface area (Å²) in [5.74, 6) is -3.55. The molecule has 0 unspecified atom stereocenters. The minimum Gasteiger partial charge on any atom is -0.388 e. The third-order valence-corrected chi connectivity index (χ3v) is 9.41. The summed E-state index contributed by atoms with van der Waals surface area (Å²) < 4.78 is 84.2. The van der Waals surface area contributed by atoms with Crippen molar-refractivity contribution in [2.24, 2.45) is 38.7 Å². The van der Waals surface area contributed by atoms with Crippen molar-refractivity contribution in [1.82, 2.24) is 9.97 Å². The third kappa shape index (κ3) is 14.4. The second-order valence-electron chi connectivity index (χ2n) is 11.7. The zero-order valence-electron chi connectivity index (χ0n) is 30.5. The van der Waals surface area contributed by atoms with Gasteiger partial charge < -0.3 is 49.9 Å². The number of halogens is 6. The molecule has 0 saturated heterocycles. The number of benzene rings is 2. The number of alkyl halides is 6. The van der Waals surface area contributed by atoms with E-state index in [0.29, 0.717) is 24.3 Å². The van der Waals surface area contributed by atoms with E-state index in [1.165, 1.54) is 6.92 Å². The first kappa shape index (κ1) is 46.7. The first-order valence-electron chi connectivity index (χ1n) is 16.8. The van der Waals surface area contributed by atoms with E-state index >= 15 is 0 Å². The lowest BCUT2D eigenvalue weighted by Crippen LogP contribution is -2.24. The van der Waals surface area contributed by atoms with E-state index in [0.717, 1.165) is 35.9 Å². The zero-order chi connectivity index (χ0) is 43.2. The Hall–Kier alpha value is -5.66. The minimum absolute atomic E-state index is 0.00816. The number of nitrogens with one attached hydrogen (secondary N) is 4. The molecule has 0 aliphatic rings. The highest BCUT2D eigenvalue weighted by Gasteiger charge is 2.34. The van der Waals surface area contributed by atoms with E-state index in [9.17, 15) is 45.5 Å². The normalized spacial score (nSPS) is 11.8. The Morgan fingerprint density at radius 1 is 0.638 bits per heavy atom. The molecule has 0 radical (unpaired) electrons. The fourth-order valence-electron chi connectivity index (χ4n) is 4.61. The number of aromatic nitrogens is 2. The maximum atomic E-state index is 14.0. The Kier molecular flexibility index (Phi) is 17.1. The summed E-state index contributed by atoms with van der Waals surface area (Å²) in [5, 5.41) is 9.42. The molecular formula is C33H39F6N13O4S2. The number of amidine groups is 1. The zero-order valence-corrected chi connectivity index (χ0v) is 32.1. The van der Waals surface area contributed by atoms with Crippen LogP contribution in [0.5, 0.6) is 0 Å². The average molecular weight is 860 g/mol. The first-order valence-corrected chi connectivity index (χ1v) is 18.7. The largest absolute Gasteiger partial charge is 0.416 e. The lowest BCUT2D eigenvalue weighted by molar-refractivity contribution is -0.138. The number of carbonyl (C=O) groups excluding carboxylic acids is 4. The van der Waals surface area contributed by atoms with Crippen LogP contribution in [0.1, 0.15) is 51.9 Å². The standard InChI is InChI=1S/C33H39F6N13O4S2/c1-16(42)45-6-2-25(53)49-19-10-17(32(34,35)36)12-21(27(19)57-8-4-40)51-29(55)23-14-24(48-15-47-23)30(56)52-22-13-18(33(37,38)39)11-20(28(22)58-9-5-41)50-26(54)3-7-46-31(43)44/h10-15H,2-9,40-41H2,1H3,(H2,42,45)(H,49,53)(H,50,54)(H,51,55)(H,52,56)(H4,43,44,46). The summed E-state index contributed by atoms with van der Waals surface area (Å²) in [6.45, 7) is 1.39. The molecule has 0 fully saturated rings. The topological polar surface area (TPSA) is 297 Å². The monoisotopic (exact) mass is 859 g/mol. The van der Waals surface area contributed by atoms with Gasteiger partial charge >= 0.3 is 12.4 Å². The number of nitrogens with zero attached hydrogens (tertiary/aromatic N) is 4. The number of anilines is 4. The highest BCUT2D eigenvalue weighted by molar-refractivity contribution is 7.99. The number of aliphatic imine (C=N–C) groups is 2. The van der Waals surface area contributed by atoms with E-state index in [2.05, 4.69) is 41.2 Å². The summed E-state index contributed by atoms with van der Waals surface area (Å²) in [6.07, 6.45) is -9.64. The summed E-state index contributed by atoms with van der Waals surface area (Å²) >= 11 is 1.85. The number of guanidine groups is 1. The molecule has 0 spiro atoms. The Morgan fingerprint density at radius 2 is 1.02 bits per heavy atom. The van der Waals surface area contributed by atoms with Crippen molar-refractivity contribution in [1.29, 1.82) is 0 Å². The van der Waals surface area contributed by atoms with Crippen LogP contribution in [0.4, 0.5) is 49.1 Å². The van der Waals surface area contributed by atoms with E-state index in [4.69, 9.17) is 28.7 Å². The molecular weight excluding hydrogens is 821 g/mol. The van der Waals surface area contributed by atoms with Gasteiger partial charge in [-0.2, -0.15) is 26.3 Å². The molecule has 1 heterocycles. The van der Waals surface area contributed by atoms with Crippen molar-refractivity contribution in [2.75, 3.05) is 59.0 Å². The molecule has 25 heteroatoms. The number of hydrogen-bond acceptors (Lipinski definition) is 12. The van der Waals surface area contributed by atoms with Crippen LogP contribution < -0.4 is 49.9 Å². The van der Waals surface area contributed by atoms with Crippen LogP contribution in [0.25, 0.3) is 0 Å². The molecule has 4 amide bonds. The molecule has 17 nitrogen and oxygen atoms in total. The number of nitrogens with two attached hydrogens (primary N) is 5. The van der Waals surface area contributed by atoms with Gasteiger partial charge in [-0.3, -0.25) is 29.2 Å². The molecule has 0 atom stereocenters. The van der Waals surface area contributed by atoms with Crippen LogP contribution in [0.3, 0.4) is 0 Å². The van der Waals surface area contributed by atoms with Gasteiger partial charge in [0.2, 0.25) is 11.8 Å². The molecule has 1 aromatic heterocycles. The number of amides is 4. The number of thioether (sulfide) groups is 2. The fraction of sp³-hybridized carbons (Fsp3) is 0.333. The molecule has 0 aliphatic carbocycles. The predicted molar refractivity (Wildman–Crippen MR) is 210 cm³/mol. The fourth-order valence-corrected chi connectivity index (χ4v) is 6.32. The Morgan fingerprint density at radius 3 is 1.36 bits per heavy atom. The van der Waals surface area contributed by atoms with Crippen LogP contribution in [0.2, 0.25) is 0 Å². The maximum Gasteiger partial charge on any atom is 0.416 e. The van der Waals surface area contributed by atoms with Crippen LogP contribution in [0, 0.1) is 0 Å². The van der Waals surface area contributed by atoms with Gasteiger partial charge in [0.25, 0.3) is 11.8 Å². The number of hydrogen-bond donors (Lipinski definition) is 9.